The highest BCUT2D eigenvalue weighted by Crippen LogP contribution is 2.43. The number of ether oxygens (including phenoxy) is 1. The molecule has 3 atom stereocenters. The minimum absolute atomic E-state index is 0.00878. The molecule has 4 heterocycles. The van der Waals surface area contributed by atoms with Gasteiger partial charge >= 0.3 is 11.9 Å². The van der Waals surface area contributed by atoms with Crippen molar-refractivity contribution in [1.82, 2.24) is 20.1 Å². The summed E-state index contributed by atoms with van der Waals surface area (Å²) in [6.07, 6.45) is 2.15. The van der Waals surface area contributed by atoms with Gasteiger partial charge in [-0.1, -0.05) is 12.1 Å². The number of benzene rings is 1. The van der Waals surface area contributed by atoms with Gasteiger partial charge in [0.05, 0.1) is 30.2 Å². The number of hydrogen-bond donors (Lipinski definition) is 2. The van der Waals surface area contributed by atoms with Crippen LogP contribution in [0.3, 0.4) is 0 Å². The van der Waals surface area contributed by atoms with Gasteiger partial charge in [0.2, 0.25) is 0 Å². The normalized spacial score (nSPS) is 24.1. The number of carbonyl (C=O) groups excluding carboxylic acids is 1. The molecule has 0 bridgehead atoms. The number of esters is 1. The largest absolute Gasteiger partial charge is 0.481 e. The van der Waals surface area contributed by atoms with Crippen molar-refractivity contribution in [2.45, 2.75) is 57.7 Å². The smallest absolute Gasteiger partial charge is 0.338 e. The fraction of sp³-hybridized carbons (Fsp3) is 0.517. The number of amidine groups is 1. The fourth-order valence-corrected chi connectivity index (χ4v) is 6.57. The summed E-state index contributed by atoms with van der Waals surface area (Å²) in [7, 11) is 0. The number of nitrogens with zero attached hydrogens (tertiary/aromatic N) is 4. The summed E-state index contributed by atoms with van der Waals surface area (Å²) in [5.41, 5.74) is -1.18. The van der Waals surface area contributed by atoms with Gasteiger partial charge in [0.1, 0.15) is 6.04 Å². The van der Waals surface area contributed by atoms with Crippen LogP contribution in [0.25, 0.3) is 0 Å². The predicted octanol–water partition coefficient (Wildman–Crippen LogP) is 4.22. The third kappa shape index (κ3) is 6.04. The van der Waals surface area contributed by atoms with Gasteiger partial charge in [-0.2, -0.15) is 0 Å². The maximum atomic E-state index is 15.6. The molecule has 14 heteroatoms. The monoisotopic (exact) mass is 623 g/mol. The number of aliphatic carboxylic acids is 1. The van der Waals surface area contributed by atoms with Crippen LogP contribution in [0.1, 0.15) is 50.2 Å². The molecule has 1 aromatic carbocycles. The zero-order valence-corrected chi connectivity index (χ0v) is 24.8. The van der Waals surface area contributed by atoms with Gasteiger partial charge in [-0.15, -0.1) is 11.3 Å². The zero-order chi connectivity index (χ0) is 31.1. The number of alkyl halides is 2. The molecule has 2 fully saturated rings. The van der Waals surface area contributed by atoms with Gasteiger partial charge < -0.3 is 15.2 Å². The Balaban J connectivity index is 1.51. The van der Waals surface area contributed by atoms with E-state index in [1.807, 2.05) is 0 Å². The van der Waals surface area contributed by atoms with Crippen molar-refractivity contribution in [2.24, 2.45) is 10.4 Å². The lowest BCUT2D eigenvalue weighted by molar-refractivity contribution is -0.147. The molecule has 43 heavy (non-hydrogen) atoms. The first kappa shape index (κ1) is 31.1. The Morgan fingerprint density at radius 3 is 2.70 bits per heavy atom. The summed E-state index contributed by atoms with van der Waals surface area (Å²) in [6.45, 7) is 4.53. The average molecular weight is 624 g/mol. The van der Waals surface area contributed by atoms with Crippen molar-refractivity contribution in [1.29, 1.82) is 0 Å². The number of fused-ring (bicyclic) bond motifs is 1. The van der Waals surface area contributed by atoms with E-state index in [9.17, 15) is 19.1 Å². The van der Waals surface area contributed by atoms with Crippen LogP contribution in [0, 0.1) is 17.0 Å². The lowest BCUT2D eigenvalue weighted by Crippen LogP contribution is -2.46. The lowest BCUT2D eigenvalue weighted by Gasteiger charge is -2.31. The molecule has 3 aliphatic heterocycles. The van der Waals surface area contributed by atoms with Crippen LogP contribution < -0.4 is 5.32 Å². The maximum absolute atomic E-state index is 15.6. The molecule has 0 amide bonds. The van der Waals surface area contributed by atoms with Crippen LogP contribution >= 0.6 is 11.3 Å². The third-order valence-corrected chi connectivity index (χ3v) is 9.06. The standard InChI is InChI=1S/C29H33F4N5O4S/c1-4-42-26(39)20-18(35-24(25-34-10-13-43-25)36-22(20)16-6-5-7-17(30)21(16)31)14-38-15-29(32,33)23-19(38)8-11-37(23)12-9-28(2,3)27(40)41/h5-7,10,13,19,22-23H,4,8-9,11-12,14-15H2,1-3H3,(H,35,36)(H,40,41)/t19-,22-,23+/m0/s1. The van der Waals surface area contributed by atoms with E-state index < -0.39 is 59.6 Å². The summed E-state index contributed by atoms with van der Waals surface area (Å²) >= 11 is 1.23. The minimum Gasteiger partial charge on any atom is -0.481 e. The quantitative estimate of drug-likeness (QED) is 0.299. The molecule has 5 rings (SSSR count). The SMILES string of the molecule is CCOC(=O)C1=C(CN2CC(F)(F)[C@H]3[C@@H]2CCN3CCC(C)(C)C(=O)O)NC(c2nccs2)=N[C@H]1c1cccc(F)c1F. The van der Waals surface area contributed by atoms with Crippen molar-refractivity contribution in [2.75, 3.05) is 32.8 Å². The van der Waals surface area contributed by atoms with Gasteiger partial charge in [-0.3, -0.25) is 19.6 Å². The molecule has 0 saturated carbocycles. The molecule has 3 aliphatic rings. The van der Waals surface area contributed by atoms with E-state index in [-0.39, 0.29) is 48.8 Å². The Kier molecular flexibility index (Phi) is 8.65. The molecule has 0 radical (unpaired) electrons. The summed E-state index contributed by atoms with van der Waals surface area (Å²) in [4.78, 5) is 37.0. The first-order chi connectivity index (χ1) is 20.3. The second kappa shape index (κ2) is 12.0. The molecule has 9 nitrogen and oxygen atoms in total. The number of aromatic nitrogens is 1. The van der Waals surface area contributed by atoms with Crippen LogP contribution in [-0.2, 0) is 14.3 Å². The fourth-order valence-electron chi connectivity index (χ4n) is 5.98. The van der Waals surface area contributed by atoms with Crippen molar-refractivity contribution in [3.63, 3.8) is 0 Å². The van der Waals surface area contributed by atoms with E-state index in [1.54, 1.807) is 36.0 Å². The molecule has 2 saturated heterocycles. The van der Waals surface area contributed by atoms with Gasteiger partial charge in [0, 0.05) is 42.0 Å². The number of likely N-dealkylation sites (tertiary alicyclic amines) is 2. The Bertz CT molecular complexity index is 1450. The zero-order valence-electron chi connectivity index (χ0n) is 23.9. The first-order valence-corrected chi connectivity index (χ1v) is 14.9. The molecular weight excluding hydrogens is 590 g/mol. The Morgan fingerprint density at radius 1 is 1.26 bits per heavy atom. The van der Waals surface area contributed by atoms with Crippen LogP contribution in [0.2, 0.25) is 0 Å². The van der Waals surface area contributed by atoms with Crippen molar-refractivity contribution in [3.8, 4) is 0 Å². The Hall–Kier alpha value is -3.36. The first-order valence-electron chi connectivity index (χ1n) is 14.0. The highest BCUT2D eigenvalue weighted by Gasteiger charge is 2.59. The molecule has 0 unspecified atom stereocenters. The predicted molar refractivity (Wildman–Crippen MR) is 151 cm³/mol. The van der Waals surface area contributed by atoms with Crippen molar-refractivity contribution < 1.29 is 37.0 Å². The van der Waals surface area contributed by atoms with Gasteiger partial charge in [0.25, 0.3) is 5.92 Å². The van der Waals surface area contributed by atoms with Crippen LogP contribution in [0.4, 0.5) is 17.6 Å². The molecule has 1 aromatic heterocycles. The number of carboxylic acid groups (broad SMARTS) is 1. The lowest BCUT2D eigenvalue weighted by atomic mass is 9.89. The molecule has 2 aromatic rings. The third-order valence-electron chi connectivity index (χ3n) is 8.28. The topological polar surface area (TPSA) is 107 Å². The average Bonchev–Trinajstić information content (AvgIpc) is 3.68. The second-order valence-corrected chi connectivity index (χ2v) is 12.4. The van der Waals surface area contributed by atoms with E-state index in [0.717, 1.165) is 6.07 Å². The highest BCUT2D eigenvalue weighted by atomic mass is 32.1. The minimum atomic E-state index is -3.12. The number of carboxylic acids is 1. The van der Waals surface area contributed by atoms with E-state index in [2.05, 4.69) is 15.3 Å². The van der Waals surface area contributed by atoms with E-state index in [0.29, 0.717) is 18.0 Å². The van der Waals surface area contributed by atoms with Crippen molar-refractivity contribution >= 4 is 29.1 Å². The number of nitrogens with one attached hydrogen (secondary N) is 1. The van der Waals surface area contributed by atoms with Gasteiger partial charge in [0.15, 0.2) is 22.5 Å². The van der Waals surface area contributed by atoms with E-state index in [1.165, 1.54) is 29.7 Å². The van der Waals surface area contributed by atoms with E-state index in [4.69, 9.17) is 4.74 Å². The molecule has 2 N–H and O–H groups in total. The number of aliphatic imine (C=N–C) groups is 1. The van der Waals surface area contributed by atoms with Crippen LogP contribution in [0.15, 0.2) is 46.0 Å². The molecular formula is C29H33F4N5O4S. The Morgan fingerprint density at radius 2 is 2.02 bits per heavy atom. The number of halogens is 4. The maximum Gasteiger partial charge on any atom is 0.338 e. The molecule has 232 valence electrons. The van der Waals surface area contributed by atoms with Crippen LogP contribution in [0.5, 0.6) is 0 Å². The number of rotatable bonds is 10. The van der Waals surface area contributed by atoms with Crippen molar-refractivity contribution in [3.05, 3.63) is 63.3 Å². The summed E-state index contributed by atoms with van der Waals surface area (Å²) < 4.78 is 66.0. The number of thiazole rings is 1. The summed E-state index contributed by atoms with van der Waals surface area (Å²) in [6, 6.07) is 0.531. The molecule has 0 aliphatic carbocycles. The van der Waals surface area contributed by atoms with Gasteiger partial charge in [-0.05, 0) is 46.2 Å². The van der Waals surface area contributed by atoms with Crippen LogP contribution in [-0.4, -0.2) is 88.5 Å². The second-order valence-electron chi connectivity index (χ2n) is 11.5. The number of hydrogen-bond acceptors (Lipinski definition) is 9. The summed E-state index contributed by atoms with van der Waals surface area (Å²) in [5.74, 6) is -7.04. The summed E-state index contributed by atoms with van der Waals surface area (Å²) in [5, 5.41) is 14.7. The van der Waals surface area contributed by atoms with Gasteiger partial charge in [-0.25, -0.2) is 27.3 Å². The molecule has 0 spiro atoms. The van der Waals surface area contributed by atoms with E-state index >= 15 is 13.2 Å². The Labute approximate surface area is 250 Å². The number of carbonyl (C=O) groups is 2. The highest BCUT2D eigenvalue weighted by molar-refractivity contribution is 7.11.